The number of aliphatic hydroxyl groups excluding tert-OH is 2. The summed E-state index contributed by atoms with van der Waals surface area (Å²) in [6.45, 7) is -4.79. The van der Waals surface area contributed by atoms with Gasteiger partial charge in [-0.1, -0.05) is 0 Å². The molecule has 1 saturated carbocycles. The van der Waals surface area contributed by atoms with Crippen LogP contribution in [0.25, 0.3) is 0 Å². The Morgan fingerprint density at radius 2 is 0.821 bits per heavy atom. The van der Waals surface area contributed by atoms with E-state index in [1.54, 1.807) is 0 Å². The summed E-state index contributed by atoms with van der Waals surface area (Å²) >= 11 is 4.13. The van der Waals surface area contributed by atoms with E-state index in [0.717, 1.165) is 0 Å². The monoisotopic (exact) mass is 516 g/mol. The third-order valence-electron chi connectivity index (χ3n) is 3.03. The lowest BCUT2D eigenvalue weighted by molar-refractivity contribution is -0.207. The number of aliphatic hydroxyl groups is 2. The van der Waals surface area contributed by atoms with Crippen molar-refractivity contribution in [3.05, 3.63) is 0 Å². The summed E-state index contributed by atoms with van der Waals surface area (Å²) in [6.07, 6.45) is -15.1. The summed E-state index contributed by atoms with van der Waals surface area (Å²) in [5.41, 5.74) is 0. The van der Waals surface area contributed by atoms with Crippen LogP contribution in [0.5, 0.6) is 0 Å². The van der Waals surface area contributed by atoms with Crippen LogP contribution in [-0.4, -0.2) is 86.0 Å². The van der Waals surface area contributed by atoms with Crippen LogP contribution in [0, 0.1) is 0 Å². The molecule has 1 rings (SSSR count). The largest absolute Gasteiger partial charge is 0.470 e. The van der Waals surface area contributed by atoms with E-state index in [1.807, 2.05) is 0 Å². The number of phosphoric ester groups is 3. The molecule has 0 radical (unpaired) electrons. The van der Waals surface area contributed by atoms with Crippen molar-refractivity contribution in [2.75, 3.05) is 0 Å². The zero-order valence-corrected chi connectivity index (χ0v) is 17.4. The summed E-state index contributed by atoms with van der Waals surface area (Å²) in [4.78, 5) is 72.0. The van der Waals surface area contributed by atoms with Gasteiger partial charge in [0.1, 0.15) is 36.6 Å². The Kier molecular flexibility index (Phi) is 8.72. The molecule has 0 aromatic carbocycles. The molecule has 17 nitrogen and oxygen atoms in total. The molecule has 0 aromatic rings. The van der Waals surface area contributed by atoms with E-state index in [9.17, 15) is 33.7 Å². The molecular formula is C6H16O17P4S. The minimum Gasteiger partial charge on any atom is -0.387 e. The highest BCUT2D eigenvalue weighted by atomic mass is 32.5. The first-order valence-electron chi connectivity index (χ1n) is 6.52. The van der Waals surface area contributed by atoms with E-state index in [-0.39, 0.29) is 0 Å². The van der Waals surface area contributed by atoms with Crippen molar-refractivity contribution in [1.29, 1.82) is 0 Å². The van der Waals surface area contributed by atoms with Gasteiger partial charge in [0, 0.05) is 0 Å². The number of rotatable bonds is 8. The molecule has 0 amide bonds. The van der Waals surface area contributed by atoms with Crippen molar-refractivity contribution >= 4 is 42.0 Å². The van der Waals surface area contributed by atoms with Gasteiger partial charge in [0.2, 0.25) is 0 Å². The van der Waals surface area contributed by atoms with E-state index in [2.05, 4.69) is 29.9 Å². The second-order valence-electron chi connectivity index (χ2n) is 5.22. The maximum atomic E-state index is 11.2. The van der Waals surface area contributed by atoms with E-state index in [1.165, 1.54) is 0 Å². The molecule has 1 aliphatic carbocycles. The van der Waals surface area contributed by atoms with Crippen LogP contribution in [0.1, 0.15) is 0 Å². The third-order valence-corrected chi connectivity index (χ3v) is 5.36. The van der Waals surface area contributed by atoms with E-state index >= 15 is 0 Å². The molecule has 0 aromatic heterocycles. The van der Waals surface area contributed by atoms with Crippen LogP contribution < -0.4 is 0 Å². The molecule has 6 atom stereocenters. The second-order valence-corrected chi connectivity index (χ2v) is 11.4. The van der Waals surface area contributed by atoms with Gasteiger partial charge in [0.25, 0.3) is 0 Å². The van der Waals surface area contributed by atoms with E-state index in [0.29, 0.717) is 0 Å². The summed E-state index contributed by atoms with van der Waals surface area (Å²) in [5.74, 6) is 0. The van der Waals surface area contributed by atoms with Crippen LogP contribution in [0.4, 0.5) is 0 Å². The summed E-state index contributed by atoms with van der Waals surface area (Å²) in [5, 5.41) is 20.2. The van der Waals surface area contributed by atoms with E-state index < -0.39 is 66.8 Å². The molecular weight excluding hydrogens is 500 g/mol. The quantitative estimate of drug-likeness (QED) is 0.142. The molecule has 0 aliphatic heterocycles. The van der Waals surface area contributed by atoms with Crippen molar-refractivity contribution in [3.8, 4) is 0 Å². The van der Waals surface area contributed by atoms with Gasteiger partial charge in [0.05, 0.1) is 0 Å². The van der Waals surface area contributed by atoms with Gasteiger partial charge in [-0.15, -0.1) is 0 Å². The van der Waals surface area contributed by atoms with E-state index in [4.69, 9.17) is 29.4 Å². The van der Waals surface area contributed by atoms with Gasteiger partial charge in [-0.2, -0.15) is 0 Å². The third kappa shape index (κ3) is 8.88. The minimum absolute atomic E-state index is 2.45. The fourth-order valence-electron chi connectivity index (χ4n) is 2.28. The standard InChI is InChI=1S/C6H16O17P4S/c7-1-3(20-24(9,10)11)2(8)5(23-27(18,19)28)6(22-26(15,16)17)4(1)21-25(12,13)14/h1-8H,(H2,9,10,11)(H2,12,13,14)(H2,15,16,17)(H2,18,19,28)/t1-,2-,3-,4+,5-,6-/m0/s1. The Morgan fingerprint density at radius 1 is 0.536 bits per heavy atom. The SMILES string of the molecule is O=P(O)(O)O[C@H]1[C@H](O)[C@@H](OP(=O)(O)O)[C@H](OP(=O)(O)O)[C@@H](OP(O)(O)=S)[C@H]1O. The molecule has 1 fully saturated rings. The van der Waals surface area contributed by atoms with Gasteiger partial charge in [-0.3, -0.25) is 18.1 Å². The van der Waals surface area contributed by atoms with Gasteiger partial charge in [0.15, 0.2) is 0 Å². The first kappa shape index (κ1) is 26.8. The maximum absolute atomic E-state index is 11.2. The van der Waals surface area contributed by atoms with Crippen molar-refractivity contribution in [1.82, 2.24) is 0 Å². The van der Waals surface area contributed by atoms with Crippen LogP contribution >= 0.6 is 30.2 Å². The van der Waals surface area contributed by atoms with Gasteiger partial charge in [-0.05, 0) is 11.8 Å². The Hall–Kier alpha value is 0.780. The lowest BCUT2D eigenvalue weighted by atomic mass is 9.85. The van der Waals surface area contributed by atoms with Gasteiger partial charge >= 0.3 is 30.2 Å². The normalized spacial score (nSPS) is 33.1. The molecule has 28 heavy (non-hydrogen) atoms. The van der Waals surface area contributed by atoms with Crippen molar-refractivity contribution in [2.45, 2.75) is 36.6 Å². The number of hydrogen-bond acceptors (Lipinski definition) is 10. The number of hydrogen-bond donors (Lipinski definition) is 10. The Balaban J connectivity index is 3.50. The Labute approximate surface area is 160 Å². The topological polar surface area (TPSA) is 290 Å². The van der Waals surface area contributed by atoms with Crippen molar-refractivity contribution in [2.24, 2.45) is 0 Å². The van der Waals surface area contributed by atoms with Crippen molar-refractivity contribution < 1.29 is 81.2 Å². The number of phosphoric acid groups is 3. The fraction of sp³-hybridized carbons (Fsp3) is 1.00. The smallest absolute Gasteiger partial charge is 0.387 e. The van der Waals surface area contributed by atoms with Crippen LogP contribution in [-0.2, 0) is 43.6 Å². The highest BCUT2D eigenvalue weighted by Crippen LogP contribution is 2.52. The van der Waals surface area contributed by atoms with Crippen LogP contribution in [0.3, 0.4) is 0 Å². The van der Waals surface area contributed by atoms with Crippen molar-refractivity contribution in [3.63, 3.8) is 0 Å². The molecule has 10 N–H and O–H groups in total. The lowest BCUT2D eigenvalue weighted by Crippen LogP contribution is -2.65. The predicted molar refractivity (Wildman–Crippen MR) is 86.4 cm³/mol. The molecule has 0 unspecified atom stereocenters. The first-order chi connectivity index (χ1) is 12.2. The zero-order chi connectivity index (χ0) is 22.3. The van der Waals surface area contributed by atoms with Gasteiger partial charge < -0.3 is 49.4 Å². The molecule has 0 saturated heterocycles. The summed E-state index contributed by atoms with van der Waals surface area (Å²) in [6, 6.07) is 0. The highest BCUT2D eigenvalue weighted by Gasteiger charge is 2.58. The molecule has 22 heteroatoms. The maximum Gasteiger partial charge on any atom is 0.470 e. The van der Waals surface area contributed by atoms with Gasteiger partial charge in [-0.25, -0.2) is 13.7 Å². The lowest BCUT2D eigenvalue weighted by Gasteiger charge is -2.46. The fourth-order valence-corrected chi connectivity index (χ4v) is 4.82. The predicted octanol–water partition coefficient (Wildman–Crippen LogP) is -3.25. The summed E-state index contributed by atoms with van der Waals surface area (Å²) in [7, 11) is -16.6. The minimum atomic E-state index is -5.57. The Morgan fingerprint density at radius 3 is 1.14 bits per heavy atom. The average Bonchev–Trinajstić information content (AvgIpc) is 2.39. The van der Waals surface area contributed by atoms with Crippen LogP contribution in [0.2, 0.25) is 0 Å². The molecule has 168 valence electrons. The Bertz CT molecular complexity index is 694. The summed E-state index contributed by atoms with van der Waals surface area (Å²) < 4.78 is 50.1. The first-order valence-corrected chi connectivity index (χ1v) is 13.7. The highest BCUT2D eigenvalue weighted by molar-refractivity contribution is 8.06. The van der Waals surface area contributed by atoms with Crippen LogP contribution in [0.15, 0.2) is 0 Å². The second kappa shape index (κ2) is 9.10. The molecule has 0 bridgehead atoms. The zero-order valence-electron chi connectivity index (χ0n) is 13.0. The molecule has 0 heterocycles. The average molecular weight is 516 g/mol. The molecule has 1 aliphatic rings. The molecule has 0 spiro atoms.